The molecule has 1 atom stereocenters. The number of anilines is 1. The summed E-state index contributed by atoms with van der Waals surface area (Å²) in [7, 11) is 0. The number of likely N-dealkylation sites (tertiary alicyclic amines) is 2. The number of piperidine rings is 2. The van der Waals surface area contributed by atoms with Crippen LogP contribution in [0.2, 0.25) is 0 Å². The Morgan fingerprint density at radius 3 is 2.47 bits per heavy atom. The van der Waals surface area contributed by atoms with Gasteiger partial charge in [-0.05, 0) is 86.9 Å². The van der Waals surface area contributed by atoms with Gasteiger partial charge in [-0.1, -0.05) is 24.3 Å². The zero-order valence-electron chi connectivity index (χ0n) is 20.5. The molecule has 2 aromatic carbocycles. The number of carbonyl (C=O) groups excluding carboxylic acids is 1. The van der Waals surface area contributed by atoms with E-state index < -0.39 is 12.0 Å². The predicted molar refractivity (Wildman–Crippen MR) is 138 cm³/mol. The molecule has 5 rings (SSSR count). The lowest BCUT2D eigenvalue weighted by Crippen LogP contribution is -2.52. The first-order valence-electron chi connectivity index (χ1n) is 12.8. The summed E-state index contributed by atoms with van der Waals surface area (Å²) >= 11 is 0. The number of aliphatic carboxylic acids is 1. The van der Waals surface area contributed by atoms with Gasteiger partial charge in [0.2, 0.25) is 0 Å². The Morgan fingerprint density at radius 1 is 1.06 bits per heavy atom. The van der Waals surface area contributed by atoms with Crippen molar-refractivity contribution in [3.8, 4) is 0 Å². The van der Waals surface area contributed by atoms with Gasteiger partial charge in [-0.25, -0.2) is 9.18 Å². The molecule has 0 bridgehead atoms. The molecule has 36 heavy (non-hydrogen) atoms. The molecule has 3 N–H and O–H groups in total. The minimum Gasteiger partial charge on any atom is -0.480 e. The second-order valence-electron chi connectivity index (χ2n) is 10.1. The van der Waals surface area contributed by atoms with E-state index in [1.807, 2.05) is 6.07 Å². The number of urea groups is 1. The Hall–Kier alpha value is -3.39. The molecular formula is C28H33FN4O3. The Balaban J connectivity index is 1.17. The number of hydrogen-bond acceptors (Lipinski definition) is 3. The smallest absolute Gasteiger partial charge is 0.321 e. The predicted octanol–water partition coefficient (Wildman–Crippen LogP) is 5.19. The molecule has 3 heterocycles. The summed E-state index contributed by atoms with van der Waals surface area (Å²) in [5.74, 6) is -0.722. The Labute approximate surface area is 210 Å². The van der Waals surface area contributed by atoms with Gasteiger partial charge in [0, 0.05) is 35.9 Å². The number of amides is 2. The minimum absolute atomic E-state index is 0.00647. The number of aromatic amines is 1. The number of nitrogens with zero attached hydrogens (tertiary/aromatic N) is 2. The fraction of sp³-hybridized carbons (Fsp3) is 0.429. The molecule has 2 aliphatic heterocycles. The van der Waals surface area contributed by atoms with Crippen LogP contribution in [0.1, 0.15) is 42.7 Å². The van der Waals surface area contributed by atoms with Crippen molar-refractivity contribution in [2.45, 2.75) is 44.6 Å². The maximum Gasteiger partial charge on any atom is 0.321 e. The number of fused-ring (bicyclic) bond motifs is 1. The monoisotopic (exact) mass is 492 g/mol. The van der Waals surface area contributed by atoms with E-state index in [1.165, 1.54) is 17.0 Å². The van der Waals surface area contributed by atoms with Crippen molar-refractivity contribution in [2.75, 3.05) is 31.5 Å². The van der Waals surface area contributed by atoms with Crippen LogP contribution in [-0.2, 0) is 4.79 Å². The fourth-order valence-corrected chi connectivity index (χ4v) is 5.87. The molecule has 1 aromatic heterocycles. The van der Waals surface area contributed by atoms with Gasteiger partial charge >= 0.3 is 12.0 Å². The first-order valence-corrected chi connectivity index (χ1v) is 12.8. The number of carbonyl (C=O) groups is 2. The van der Waals surface area contributed by atoms with E-state index in [1.54, 1.807) is 24.0 Å². The molecule has 1 unspecified atom stereocenters. The summed E-state index contributed by atoms with van der Waals surface area (Å²) in [6.45, 7) is 4.15. The van der Waals surface area contributed by atoms with E-state index >= 15 is 0 Å². The van der Waals surface area contributed by atoms with E-state index in [0.29, 0.717) is 43.1 Å². The van der Waals surface area contributed by atoms with Gasteiger partial charge in [-0.2, -0.15) is 0 Å². The van der Waals surface area contributed by atoms with E-state index in [4.69, 9.17) is 0 Å². The Bertz CT molecular complexity index is 1240. The number of H-pyrrole nitrogens is 1. The third kappa shape index (κ3) is 4.95. The topological polar surface area (TPSA) is 88.7 Å². The van der Waals surface area contributed by atoms with Crippen molar-refractivity contribution in [1.82, 2.24) is 14.8 Å². The van der Waals surface area contributed by atoms with E-state index in [-0.39, 0.29) is 17.8 Å². The van der Waals surface area contributed by atoms with Crippen LogP contribution in [0.25, 0.3) is 10.9 Å². The highest BCUT2D eigenvalue weighted by molar-refractivity contribution is 5.89. The molecule has 190 valence electrons. The van der Waals surface area contributed by atoms with Crippen LogP contribution < -0.4 is 5.32 Å². The van der Waals surface area contributed by atoms with Crippen LogP contribution in [0.3, 0.4) is 0 Å². The second kappa shape index (κ2) is 10.3. The van der Waals surface area contributed by atoms with Gasteiger partial charge in [0.1, 0.15) is 11.9 Å². The number of nitrogens with one attached hydrogen (secondary N) is 2. The second-order valence-corrected chi connectivity index (χ2v) is 10.1. The number of carboxylic acids is 1. The van der Waals surface area contributed by atoms with Gasteiger partial charge in [0.05, 0.1) is 0 Å². The number of rotatable bonds is 5. The van der Waals surface area contributed by atoms with Gasteiger partial charge in [-0.3, -0.25) is 9.69 Å². The van der Waals surface area contributed by atoms with Crippen LogP contribution >= 0.6 is 0 Å². The number of halogens is 1. The molecular weight excluding hydrogens is 459 g/mol. The van der Waals surface area contributed by atoms with Crippen molar-refractivity contribution in [2.24, 2.45) is 5.92 Å². The third-order valence-corrected chi connectivity index (χ3v) is 7.93. The largest absolute Gasteiger partial charge is 0.480 e. The van der Waals surface area contributed by atoms with Gasteiger partial charge in [0.25, 0.3) is 0 Å². The van der Waals surface area contributed by atoms with E-state index in [2.05, 4.69) is 39.6 Å². The van der Waals surface area contributed by atoms with Crippen molar-refractivity contribution >= 4 is 28.6 Å². The molecule has 3 aromatic rings. The third-order valence-electron chi connectivity index (χ3n) is 7.93. The summed E-state index contributed by atoms with van der Waals surface area (Å²) in [6, 6.07) is 12.1. The number of para-hydroxylation sites is 1. The molecule has 2 amide bonds. The van der Waals surface area contributed by atoms with E-state index in [9.17, 15) is 19.1 Å². The highest BCUT2D eigenvalue weighted by Crippen LogP contribution is 2.35. The van der Waals surface area contributed by atoms with Crippen molar-refractivity contribution < 1.29 is 19.1 Å². The lowest BCUT2D eigenvalue weighted by molar-refractivity contribution is -0.146. The van der Waals surface area contributed by atoms with Gasteiger partial charge in [-0.15, -0.1) is 0 Å². The highest BCUT2D eigenvalue weighted by atomic mass is 19.1. The van der Waals surface area contributed by atoms with Crippen LogP contribution in [-0.4, -0.2) is 64.1 Å². The number of benzene rings is 2. The van der Waals surface area contributed by atoms with Crippen molar-refractivity contribution in [1.29, 1.82) is 0 Å². The number of aromatic nitrogens is 1. The zero-order chi connectivity index (χ0) is 25.2. The molecule has 2 aliphatic rings. The molecule has 0 aliphatic carbocycles. The fourth-order valence-electron chi connectivity index (χ4n) is 5.87. The van der Waals surface area contributed by atoms with Crippen molar-refractivity contribution in [3.05, 3.63) is 65.6 Å². The summed E-state index contributed by atoms with van der Waals surface area (Å²) < 4.78 is 13.8. The maximum atomic E-state index is 13.8. The standard InChI is InChI=1S/C28H33FN4O3/c1-18-6-7-21(16-24(18)29)31-28(36)33-14-10-20(11-15-33)26(27(34)35)32-12-8-19(9-13-32)23-17-30-25-5-3-2-4-22(23)25/h2-7,16-17,19-20,26,30H,8-15H2,1H3,(H,31,36)(H,34,35). The number of hydrogen-bond donors (Lipinski definition) is 3. The van der Waals surface area contributed by atoms with Crippen LogP contribution in [0.5, 0.6) is 0 Å². The number of carboxylic acid groups (broad SMARTS) is 1. The lowest BCUT2D eigenvalue weighted by Gasteiger charge is -2.41. The average Bonchev–Trinajstić information content (AvgIpc) is 3.31. The van der Waals surface area contributed by atoms with Crippen molar-refractivity contribution in [3.63, 3.8) is 0 Å². The quantitative estimate of drug-likeness (QED) is 0.457. The normalized spacial score (nSPS) is 18.9. The van der Waals surface area contributed by atoms with Gasteiger partial charge in [0.15, 0.2) is 0 Å². The molecule has 0 spiro atoms. The zero-order valence-corrected chi connectivity index (χ0v) is 20.5. The first kappa shape index (κ1) is 24.3. The van der Waals surface area contributed by atoms with Crippen LogP contribution in [0, 0.1) is 18.7 Å². The molecule has 8 heteroatoms. The lowest BCUT2D eigenvalue weighted by atomic mass is 9.84. The Kier molecular flexibility index (Phi) is 6.96. The minimum atomic E-state index is -0.779. The summed E-state index contributed by atoms with van der Waals surface area (Å²) in [5.41, 5.74) is 3.41. The molecule has 2 saturated heterocycles. The molecule has 7 nitrogen and oxygen atoms in total. The SMILES string of the molecule is Cc1ccc(NC(=O)N2CCC(C(C(=O)O)N3CCC(c4c[nH]c5ccccc45)CC3)CC2)cc1F. The molecule has 0 radical (unpaired) electrons. The molecule has 0 saturated carbocycles. The summed E-state index contributed by atoms with van der Waals surface area (Å²) in [4.78, 5) is 32.2. The highest BCUT2D eigenvalue weighted by Gasteiger charge is 2.38. The van der Waals surface area contributed by atoms with Gasteiger partial charge < -0.3 is 20.3 Å². The average molecular weight is 493 g/mol. The number of aryl methyl sites for hydroxylation is 1. The Morgan fingerprint density at radius 2 is 1.78 bits per heavy atom. The summed E-state index contributed by atoms with van der Waals surface area (Å²) in [5, 5.41) is 14.1. The maximum absolute atomic E-state index is 13.8. The van der Waals surface area contributed by atoms with E-state index in [0.717, 1.165) is 31.4 Å². The molecule has 2 fully saturated rings. The van der Waals surface area contributed by atoms with Crippen LogP contribution in [0.15, 0.2) is 48.7 Å². The van der Waals surface area contributed by atoms with Crippen LogP contribution in [0.4, 0.5) is 14.9 Å². The first-order chi connectivity index (χ1) is 17.4. The summed E-state index contributed by atoms with van der Waals surface area (Å²) in [6.07, 6.45) is 5.23.